The number of nitrogens with zero attached hydrogens (tertiary/aromatic N) is 1. The van der Waals surface area contributed by atoms with Gasteiger partial charge in [-0.05, 0) is 47.7 Å². The Bertz CT molecular complexity index is 1050. The molecule has 0 spiro atoms. The van der Waals surface area contributed by atoms with Crippen LogP contribution in [0, 0.1) is 0 Å². The fourth-order valence-corrected chi connectivity index (χ4v) is 5.00. The van der Waals surface area contributed by atoms with Gasteiger partial charge < -0.3 is 5.32 Å². The Labute approximate surface area is 187 Å². The van der Waals surface area contributed by atoms with Crippen LogP contribution in [-0.4, -0.2) is 17.6 Å². The molecule has 0 radical (unpaired) electrons. The summed E-state index contributed by atoms with van der Waals surface area (Å²) in [4.78, 5) is 26.9. The molecule has 1 saturated heterocycles. The summed E-state index contributed by atoms with van der Waals surface area (Å²) >= 11 is 1.64. The van der Waals surface area contributed by atoms with E-state index in [-0.39, 0.29) is 17.2 Å². The second kappa shape index (κ2) is 9.84. The van der Waals surface area contributed by atoms with Crippen LogP contribution >= 0.6 is 11.8 Å². The lowest BCUT2D eigenvalue weighted by atomic mass is 10.1. The molecule has 5 heteroatoms. The Kier molecular flexibility index (Phi) is 6.73. The molecular formula is C26H26N2O2S. The van der Waals surface area contributed by atoms with Crippen LogP contribution in [0.25, 0.3) is 0 Å². The van der Waals surface area contributed by atoms with Crippen LogP contribution < -0.4 is 10.2 Å². The minimum absolute atomic E-state index is 0.000483. The maximum Gasteiger partial charge on any atom is 0.238 e. The first-order valence-electron chi connectivity index (χ1n) is 10.6. The van der Waals surface area contributed by atoms with Crippen LogP contribution in [0.5, 0.6) is 0 Å². The number of anilines is 2. The quantitative estimate of drug-likeness (QED) is 0.531. The van der Waals surface area contributed by atoms with Crippen molar-refractivity contribution < 1.29 is 9.59 Å². The van der Waals surface area contributed by atoms with Gasteiger partial charge in [0.2, 0.25) is 11.8 Å². The van der Waals surface area contributed by atoms with Crippen LogP contribution in [0.1, 0.15) is 35.4 Å². The summed E-state index contributed by atoms with van der Waals surface area (Å²) in [7, 11) is 0. The predicted molar refractivity (Wildman–Crippen MR) is 128 cm³/mol. The standard InChI is InChI=1S/C26H26N2O2S/c1-2-20-10-6-7-11-23(20)28-25(30)18-31-26(28)21-13-15-22(16-14-21)27-24(29)17-12-19-8-4-3-5-9-19/h3-11,13-16,26H,2,12,17-18H2,1H3,(H,27,29)/t26-/m1/s1. The lowest BCUT2D eigenvalue weighted by Crippen LogP contribution is -2.28. The molecule has 1 N–H and O–H groups in total. The van der Waals surface area contributed by atoms with Gasteiger partial charge in [-0.15, -0.1) is 11.8 Å². The van der Waals surface area contributed by atoms with Gasteiger partial charge in [0.25, 0.3) is 0 Å². The lowest BCUT2D eigenvalue weighted by Gasteiger charge is -2.26. The van der Waals surface area contributed by atoms with Gasteiger partial charge in [-0.2, -0.15) is 0 Å². The highest BCUT2D eigenvalue weighted by atomic mass is 32.2. The average Bonchev–Trinajstić information content (AvgIpc) is 3.20. The van der Waals surface area contributed by atoms with Gasteiger partial charge in [-0.3, -0.25) is 14.5 Å². The molecule has 0 bridgehead atoms. The third-order valence-corrected chi connectivity index (χ3v) is 6.68. The number of hydrogen-bond donors (Lipinski definition) is 1. The number of aryl methyl sites for hydroxylation is 2. The number of amides is 2. The van der Waals surface area contributed by atoms with Gasteiger partial charge in [-0.25, -0.2) is 0 Å². The van der Waals surface area contributed by atoms with Gasteiger partial charge in [0.05, 0.1) is 5.75 Å². The summed E-state index contributed by atoms with van der Waals surface area (Å²) in [5.74, 6) is 0.607. The molecule has 1 aliphatic rings. The van der Waals surface area contributed by atoms with Crippen LogP contribution in [0.15, 0.2) is 78.9 Å². The number of thioether (sulfide) groups is 1. The minimum atomic E-state index is -0.0527. The predicted octanol–water partition coefficient (Wildman–Crippen LogP) is 5.60. The molecule has 0 aromatic heterocycles. The highest BCUT2D eigenvalue weighted by molar-refractivity contribution is 8.00. The number of carbonyl (C=O) groups is 2. The van der Waals surface area contributed by atoms with Crippen molar-refractivity contribution in [1.82, 2.24) is 0 Å². The molecule has 0 unspecified atom stereocenters. The zero-order valence-corrected chi connectivity index (χ0v) is 18.4. The Morgan fingerprint density at radius 3 is 2.45 bits per heavy atom. The summed E-state index contributed by atoms with van der Waals surface area (Å²) in [6.45, 7) is 2.11. The molecule has 1 atom stereocenters. The molecule has 31 heavy (non-hydrogen) atoms. The summed E-state index contributed by atoms with van der Waals surface area (Å²) in [5.41, 5.74) is 5.15. The third-order valence-electron chi connectivity index (χ3n) is 5.46. The second-order valence-electron chi connectivity index (χ2n) is 7.57. The lowest BCUT2D eigenvalue weighted by molar-refractivity contribution is -0.116. The molecule has 4 rings (SSSR count). The van der Waals surface area contributed by atoms with E-state index in [0.29, 0.717) is 12.2 Å². The molecular weight excluding hydrogens is 404 g/mol. The summed E-state index contributed by atoms with van der Waals surface area (Å²) < 4.78 is 0. The van der Waals surface area contributed by atoms with E-state index in [1.807, 2.05) is 77.7 Å². The first-order chi connectivity index (χ1) is 15.2. The topological polar surface area (TPSA) is 49.4 Å². The van der Waals surface area contributed by atoms with Crippen molar-refractivity contribution in [3.05, 3.63) is 95.6 Å². The van der Waals surface area contributed by atoms with Crippen molar-refractivity contribution in [2.75, 3.05) is 16.0 Å². The fraction of sp³-hybridized carbons (Fsp3) is 0.231. The number of benzene rings is 3. The molecule has 158 valence electrons. The van der Waals surface area contributed by atoms with E-state index in [0.717, 1.165) is 35.3 Å². The molecule has 3 aromatic carbocycles. The molecule has 1 fully saturated rings. The van der Waals surface area contributed by atoms with Crippen molar-refractivity contribution in [3.8, 4) is 0 Å². The average molecular weight is 431 g/mol. The molecule has 2 amide bonds. The summed E-state index contributed by atoms with van der Waals surface area (Å²) in [6, 6.07) is 26.0. The monoisotopic (exact) mass is 430 g/mol. The van der Waals surface area contributed by atoms with Gasteiger partial charge in [-0.1, -0.05) is 67.6 Å². The SMILES string of the molecule is CCc1ccccc1N1C(=O)CS[C@@H]1c1ccc(NC(=O)CCc2ccccc2)cc1. The maximum absolute atomic E-state index is 12.7. The highest BCUT2D eigenvalue weighted by Crippen LogP contribution is 2.43. The number of para-hydroxylation sites is 1. The number of carbonyl (C=O) groups excluding carboxylic acids is 2. The maximum atomic E-state index is 12.7. The van der Waals surface area contributed by atoms with Crippen molar-refractivity contribution in [2.24, 2.45) is 0 Å². The molecule has 1 heterocycles. The highest BCUT2D eigenvalue weighted by Gasteiger charge is 2.34. The fourth-order valence-electron chi connectivity index (χ4n) is 3.83. The Morgan fingerprint density at radius 1 is 1.00 bits per heavy atom. The van der Waals surface area contributed by atoms with Gasteiger partial charge in [0.15, 0.2) is 0 Å². The Morgan fingerprint density at radius 2 is 1.71 bits per heavy atom. The van der Waals surface area contributed by atoms with Crippen molar-refractivity contribution >= 4 is 35.0 Å². The number of hydrogen-bond acceptors (Lipinski definition) is 3. The van der Waals surface area contributed by atoms with Crippen LogP contribution in [0.4, 0.5) is 11.4 Å². The van der Waals surface area contributed by atoms with Gasteiger partial charge in [0.1, 0.15) is 5.37 Å². The van der Waals surface area contributed by atoms with E-state index < -0.39 is 0 Å². The van der Waals surface area contributed by atoms with E-state index in [1.165, 1.54) is 5.56 Å². The van der Waals surface area contributed by atoms with Gasteiger partial charge in [0, 0.05) is 17.8 Å². The summed E-state index contributed by atoms with van der Waals surface area (Å²) in [5, 5.41) is 2.92. The molecule has 0 aliphatic carbocycles. The van der Waals surface area contributed by atoms with E-state index in [1.54, 1.807) is 11.8 Å². The first kappa shape index (κ1) is 21.2. The molecule has 3 aromatic rings. The Balaban J connectivity index is 1.43. The largest absolute Gasteiger partial charge is 0.326 e. The van der Waals surface area contributed by atoms with Crippen molar-refractivity contribution in [3.63, 3.8) is 0 Å². The van der Waals surface area contributed by atoms with E-state index in [2.05, 4.69) is 18.3 Å². The van der Waals surface area contributed by atoms with E-state index in [4.69, 9.17) is 0 Å². The van der Waals surface area contributed by atoms with Crippen LogP contribution in [0.3, 0.4) is 0 Å². The van der Waals surface area contributed by atoms with E-state index in [9.17, 15) is 9.59 Å². The molecule has 0 saturated carbocycles. The minimum Gasteiger partial charge on any atom is -0.326 e. The van der Waals surface area contributed by atoms with Gasteiger partial charge >= 0.3 is 0 Å². The van der Waals surface area contributed by atoms with Crippen molar-refractivity contribution in [1.29, 1.82) is 0 Å². The van der Waals surface area contributed by atoms with Crippen LogP contribution in [-0.2, 0) is 22.4 Å². The first-order valence-corrected chi connectivity index (χ1v) is 11.7. The molecule has 1 aliphatic heterocycles. The summed E-state index contributed by atoms with van der Waals surface area (Å²) in [6.07, 6.45) is 2.04. The normalized spacial score (nSPS) is 15.8. The third kappa shape index (κ3) is 5.00. The number of rotatable bonds is 7. The Hall–Kier alpha value is -3.05. The second-order valence-corrected chi connectivity index (χ2v) is 8.63. The van der Waals surface area contributed by atoms with Crippen LogP contribution in [0.2, 0.25) is 0 Å². The zero-order valence-electron chi connectivity index (χ0n) is 17.6. The molecule has 4 nitrogen and oxygen atoms in total. The number of nitrogens with one attached hydrogen (secondary N) is 1. The van der Waals surface area contributed by atoms with Crippen molar-refractivity contribution in [2.45, 2.75) is 31.6 Å². The smallest absolute Gasteiger partial charge is 0.238 e. The van der Waals surface area contributed by atoms with E-state index >= 15 is 0 Å². The zero-order chi connectivity index (χ0) is 21.6.